The van der Waals surface area contributed by atoms with E-state index in [4.69, 9.17) is 4.74 Å². The molecule has 0 radical (unpaired) electrons. The Bertz CT molecular complexity index is 1480. The number of nitrogens with one attached hydrogen (secondary N) is 1. The predicted octanol–water partition coefficient (Wildman–Crippen LogP) is 3.51. The Kier molecular flexibility index (Phi) is 7.26. The summed E-state index contributed by atoms with van der Waals surface area (Å²) >= 11 is 0. The molecule has 4 aromatic rings. The first kappa shape index (κ1) is 24.9. The summed E-state index contributed by atoms with van der Waals surface area (Å²) in [6.07, 6.45) is 1.05. The Morgan fingerprint density at radius 1 is 0.947 bits per heavy atom. The molecule has 38 heavy (non-hydrogen) atoms. The van der Waals surface area contributed by atoms with E-state index in [2.05, 4.69) is 15.3 Å². The van der Waals surface area contributed by atoms with Gasteiger partial charge in [0.1, 0.15) is 18.7 Å². The second kappa shape index (κ2) is 11.1. The molecule has 9 nitrogen and oxygen atoms in total. The second-order valence-electron chi connectivity index (χ2n) is 9.11. The lowest BCUT2D eigenvalue weighted by Crippen LogP contribution is -2.56. The van der Waals surface area contributed by atoms with E-state index in [1.807, 2.05) is 72.8 Å². The highest BCUT2D eigenvalue weighted by atomic mass is 16.6. The molecule has 3 aromatic carbocycles. The van der Waals surface area contributed by atoms with Crippen LogP contribution in [0.3, 0.4) is 0 Å². The first-order chi connectivity index (χ1) is 18.5. The Hall–Kier alpha value is -4.79. The molecular weight excluding hydrogens is 484 g/mol. The third kappa shape index (κ3) is 5.62. The van der Waals surface area contributed by atoms with Gasteiger partial charge in [-0.05, 0) is 28.8 Å². The lowest BCUT2D eigenvalue weighted by molar-refractivity contribution is -0.142. The largest absolute Gasteiger partial charge is 0.480 e. The molecule has 0 bridgehead atoms. The number of hydrogen-bond acceptors (Lipinski definition) is 6. The molecule has 1 aliphatic rings. The number of carbonyl (C=O) groups excluding carboxylic acids is 2. The highest BCUT2D eigenvalue weighted by Gasteiger charge is 2.37. The van der Waals surface area contributed by atoms with Crippen molar-refractivity contribution in [2.45, 2.75) is 38.1 Å². The molecule has 0 spiro atoms. The topological polar surface area (TPSA) is 122 Å². The van der Waals surface area contributed by atoms with Crippen LogP contribution >= 0.6 is 0 Å². The monoisotopic (exact) mass is 510 g/mol. The molecule has 2 N–H and O–H groups in total. The molecule has 1 aliphatic heterocycles. The zero-order valence-electron chi connectivity index (χ0n) is 20.5. The number of amides is 2. The molecular formula is C29H26N4O5. The Morgan fingerprint density at radius 3 is 2.39 bits per heavy atom. The van der Waals surface area contributed by atoms with Crippen molar-refractivity contribution in [1.82, 2.24) is 20.2 Å². The first-order valence-corrected chi connectivity index (χ1v) is 12.3. The summed E-state index contributed by atoms with van der Waals surface area (Å²) < 4.78 is 5.52. The molecule has 2 amide bonds. The van der Waals surface area contributed by atoms with Crippen LogP contribution in [-0.2, 0) is 40.3 Å². The highest BCUT2D eigenvalue weighted by Crippen LogP contribution is 2.25. The number of carboxylic acid groups (broad SMARTS) is 1. The van der Waals surface area contributed by atoms with Crippen LogP contribution in [0.4, 0.5) is 4.79 Å². The summed E-state index contributed by atoms with van der Waals surface area (Å²) in [7, 11) is 0. The fourth-order valence-electron chi connectivity index (χ4n) is 4.52. The summed E-state index contributed by atoms with van der Waals surface area (Å²) in [4.78, 5) is 48.8. The van der Waals surface area contributed by atoms with Gasteiger partial charge >= 0.3 is 12.1 Å². The zero-order valence-corrected chi connectivity index (χ0v) is 20.5. The smallest absolute Gasteiger partial charge is 0.411 e. The predicted molar refractivity (Wildman–Crippen MR) is 139 cm³/mol. The van der Waals surface area contributed by atoms with E-state index in [-0.39, 0.29) is 26.0 Å². The maximum absolute atomic E-state index is 13.5. The average molecular weight is 511 g/mol. The lowest BCUT2D eigenvalue weighted by atomic mass is 9.93. The van der Waals surface area contributed by atoms with Gasteiger partial charge in [0.15, 0.2) is 0 Å². The first-order valence-electron chi connectivity index (χ1n) is 12.3. The quantitative estimate of drug-likeness (QED) is 0.390. The summed E-state index contributed by atoms with van der Waals surface area (Å²) in [5, 5.41) is 12.5. The van der Waals surface area contributed by atoms with Crippen LogP contribution in [0, 0.1) is 0 Å². The molecule has 0 unspecified atom stereocenters. The number of hydrogen-bond donors (Lipinski definition) is 2. The third-order valence-corrected chi connectivity index (χ3v) is 6.52. The molecule has 192 valence electrons. The Labute approximate surface area is 219 Å². The van der Waals surface area contributed by atoms with E-state index in [1.165, 1.54) is 11.1 Å². The number of carbonyl (C=O) groups is 3. The van der Waals surface area contributed by atoms with Crippen molar-refractivity contribution in [2.24, 2.45) is 0 Å². The standard InChI is InChI=1S/C29H26N4O5/c34-27(32-25(28(35)36)15-22-16-30-23-12-6-7-13-24(23)31-22)26-14-20-10-4-5-11-21(20)17-33(26)29(37)38-18-19-8-2-1-3-9-19/h1-13,16,25-26H,14-15,17-18H2,(H,32,34)(H,35,36)/t25-,26+/m1/s1. The molecule has 9 heteroatoms. The van der Waals surface area contributed by atoms with Gasteiger partial charge in [0.05, 0.1) is 23.3 Å². The van der Waals surface area contributed by atoms with Crippen LogP contribution in [0.25, 0.3) is 11.0 Å². The van der Waals surface area contributed by atoms with E-state index in [0.717, 1.165) is 16.7 Å². The van der Waals surface area contributed by atoms with Crippen LogP contribution in [0.2, 0.25) is 0 Å². The maximum Gasteiger partial charge on any atom is 0.411 e. The summed E-state index contributed by atoms with van der Waals surface area (Å²) in [5.41, 5.74) is 4.42. The van der Waals surface area contributed by atoms with Crippen LogP contribution in [0.15, 0.2) is 85.1 Å². The molecule has 0 aliphatic carbocycles. The van der Waals surface area contributed by atoms with Crippen molar-refractivity contribution in [1.29, 1.82) is 0 Å². The molecule has 2 atom stereocenters. The Balaban J connectivity index is 1.34. The van der Waals surface area contributed by atoms with Gasteiger partial charge in [0.2, 0.25) is 5.91 Å². The van der Waals surface area contributed by atoms with E-state index in [9.17, 15) is 19.5 Å². The summed E-state index contributed by atoms with van der Waals surface area (Å²) in [6.45, 7) is 0.236. The van der Waals surface area contributed by atoms with Gasteiger partial charge in [-0.2, -0.15) is 0 Å². The fourth-order valence-corrected chi connectivity index (χ4v) is 4.52. The molecule has 2 heterocycles. The van der Waals surface area contributed by atoms with Gasteiger partial charge in [-0.3, -0.25) is 14.7 Å². The zero-order chi connectivity index (χ0) is 26.5. The van der Waals surface area contributed by atoms with E-state index in [1.54, 1.807) is 6.07 Å². The van der Waals surface area contributed by atoms with Crippen molar-refractivity contribution in [3.63, 3.8) is 0 Å². The number of para-hydroxylation sites is 2. The fraction of sp³-hybridized carbons (Fsp3) is 0.207. The number of carboxylic acids is 1. The SMILES string of the molecule is O=C(O)[C@@H](Cc1cnc2ccccc2n1)NC(=O)[C@@H]1Cc2ccccc2CN1C(=O)OCc1ccccc1. The van der Waals surface area contributed by atoms with Crippen molar-refractivity contribution < 1.29 is 24.2 Å². The van der Waals surface area contributed by atoms with Crippen LogP contribution in [-0.4, -0.2) is 50.0 Å². The third-order valence-electron chi connectivity index (χ3n) is 6.52. The number of rotatable bonds is 7. The van der Waals surface area contributed by atoms with Gasteiger partial charge in [-0.25, -0.2) is 14.6 Å². The van der Waals surface area contributed by atoms with E-state index in [0.29, 0.717) is 16.7 Å². The average Bonchev–Trinajstić information content (AvgIpc) is 2.95. The molecule has 5 rings (SSSR count). The van der Waals surface area contributed by atoms with Gasteiger partial charge < -0.3 is 15.2 Å². The maximum atomic E-state index is 13.5. The summed E-state index contributed by atoms with van der Waals surface area (Å²) in [6, 6.07) is 21.9. The number of aromatic nitrogens is 2. The van der Waals surface area contributed by atoms with E-state index >= 15 is 0 Å². The van der Waals surface area contributed by atoms with Crippen molar-refractivity contribution in [3.8, 4) is 0 Å². The minimum absolute atomic E-state index is 0.0549. The van der Waals surface area contributed by atoms with Crippen molar-refractivity contribution in [3.05, 3.63) is 107 Å². The van der Waals surface area contributed by atoms with Gasteiger partial charge in [0, 0.05) is 19.0 Å². The van der Waals surface area contributed by atoms with Crippen LogP contribution in [0.1, 0.15) is 22.4 Å². The number of ether oxygens (including phenoxy) is 1. The second-order valence-corrected chi connectivity index (χ2v) is 9.11. The number of fused-ring (bicyclic) bond motifs is 2. The number of aliphatic carboxylic acids is 1. The summed E-state index contributed by atoms with van der Waals surface area (Å²) in [5.74, 6) is -1.78. The lowest BCUT2D eigenvalue weighted by Gasteiger charge is -2.35. The number of benzene rings is 3. The minimum Gasteiger partial charge on any atom is -0.480 e. The van der Waals surface area contributed by atoms with Crippen LogP contribution < -0.4 is 5.32 Å². The van der Waals surface area contributed by atoms with Crippen LogP contribution in [0.5, 0.6) is 0 Å². The molecule has 0 saturated carbocycles. The minimum atomic E-state index is -1.25. The normalized spacial score (nSPS) is 15.4. The van der Waals surface area contributed by atoms with Gasteiger partial charge in [-0.1, -0.05) is 66.7 Å². The molecule has 1 aromatic heterocycles. The Morgan fingerprint density at radius 2 is 1.63 bits per heavy atom. The number of nitrogens with zero attached hydrogens (tertiary/aromatic N) is 3. The molecule has 0 fully saturated rings. The van der Waals surface area contributed by atoms with Crippen molar-refractivity contribution >= 4 is 29.0 Å². The van der Waals surface area contributed by atoms with Gasteiger partial charge in [-0.15, -0.1) is 0 Å². The van der Waals surface area contributed by atoms with Gasteiger partial charge in [0.25, 0.3) is 0 Å². The molecule has 0 saturated heterocycles. The van der Waals surface area contributed by atoms with Crippen molar-refractivity contribution in [2.75, 3.05) is 0 Å². The highest BCUT2D eigenvalue weighted by molar-refractivity contribution is 5.90. The van der Waals surface area contributed by atoms with E-state index < -0.39 is 30.1 Å².